The Morgan fingerprint density at radius 2 is 1.12 bits per heavy atom. The monoisotopic (exact) mass is 339 g/mol. The van der Waals surface area contributed by atoms with E-state index in [4.69, 9.17) is 0 Å². The second-order valence-electron chi connectivity index (χ2n) is 2.67. The van der Waals surface area contributed by atoms with E-state index in [2.05, 4.69) is 27.7 Å². The van der Waals surface area contributed by atoms with Crippen molar-refractivity contribution >= 4 is 0 Å². The molecule has 16 heavy (non-hydrogen) atoms. The molecular weight excluding hydrogens is 318 g/mol. The largest absolute Gasteiger partial charge is 2.00 e. The molecule has 0 spiro atoms. The second kappa shape index (κ2) is 36.0. The molecule has 0 radical (unpaired) electrons. The first-order valence-corrected chi connectivity index (χ1v) is 5.08. The van der Waals surface area contributed by atoms with E-state index < -0.39 is 0 Å². The topological polar surface area (TPSA) is 0 Å². The Labute approximate surface area is 134 Å². The Balaban J connectivity index is -0.0000000350. The first-order valence-electron chi connectivity index (χ1n) is 5.08. The number of hydrogen-bond donors (Lipinski definition) is 0. The average Bonchev–Trinajstić information content (AvgIpc) is 2.76. The van der Waals surface area contributed by atoms with Crippen LogP contribution in [0.3, 0.4) is 0 Å². The standard InChI is InChI=1S/C5H5.2C4H9.2ClH.Zr/c1-2-4-5-3-1;2*1-3-4-2;;;/h1-5H;2*1,3-4H2,2H3;2*1H;/q3*-1;;;+2/p-2. The molecular formula is C13H23Cl2Zr-3. The third-order valence-electron chi connectivity index (χ3n) is 1.26. The molecule has 0 unspecified atom stereocenters. The van der Waals surface area contributed by atoms with E-state index in [0.29, 0.717) is 0 Å². The summed E-state index contributed by atoms with van der Waals surface area (Å²) >= 11 is 0. The molecule has 0 nitrogen and oxygen atoms in total. The third-order valence-corrected chi connectivity index (χ3v) is 1.26. The molecule has 0 heterocycles. The summed E-state index contributed by atoms with van der Waals surface area (Å²) in [7, 11) is 0. The van der Waals surface area contributed by atoms with Gasteiger partial charge < -0.3 is 38.7 Å². The van der Waals surface area contributed by atoms with Gasteiger partial charge in [0.1, 0.15) is 0 Å². The predicted octanol–water partition coefficient (Wildman–Crippen LogP) is -1.35. The van der Waals surface area contributed by atoms with E-state index >= 15 is 0 Å². The molecule has 1 rings (SSSR count). The fraction of sp³-hybridized carbons (Fsp3) is 0.462. The normalized spacial score (nSPS) is 6.25. The van der Waals surface area contributed by atoms with Gasteiger partial charge in [-0.25, -0.2) is 12.1 Å². The molecule has 0 aromatic heterocycles. The van der Waals surface area contributed by atoms with Crippen molar-refractivity contribution in [3.63, 3.8) is 0 Å². The zero-order chi connectivity index (χ0) is 10.4. The Morgan fingerprint density at radius 1 is 0.875 bits per heavy atom. The fourth-order valence-electron chi connectivity index (χ4n) is 0.321. The minimum atomic E-state index is 0. The molecule has 0 fully saturated rings. The maximum Gasteiger partial charge on any atom is 2.00 e. The van der Waals surface area contributed by atoms with Crippen LogP contribution in [0.4, 0.5) is 0 Å². The Kier molecular flexibility index (Phi) is 67.8. The van der Waals surface area contributed by atoms with Gasteiger partial charge >= 0.3 is 26.2 Å². The van der Waals surface area contributed by atoms with E-state index in [-0.39, 0.29) is 51.0 Å². The predicted molar refractivity (Wildman–Crippen MR) is 62.6 cm³/mol. The summed E-state index contributed by atoms with van der Waals surface area (Å²) in [5.74, 6) is 0. The van der Waals surface area contributed by atoms with Crippen molar-refractivity contribution in [2.75, 3.05) is 0 Å². The third kappa shape index (κ3) is 46.3. The molecule has 0 aliphatic heterocycles. The van der Waals surface area contributed by atoms with Crippen LogP contribution in [0.5, 0.6) is 0 Å². The zero-order valence-corrected chi connectivity index (χ0v) is 14.4. The fourth-order valence-corrected chi connectivity index (χ4v) is 0.321. The molecule has 0 amide bonds. The molecule has 0 bridgehead atoms. The number of rotatable bonds is 2. The van der Waals surface area contributed by atoms with E-state index in [0.717, 1.165) is 12.8 Å². The van der Waals surface area contributed by atoms with E-state index in [9.17, 15) is 0 Å². The Bertz CT molecular complexity index is 105. The van der Waals surface area contributed by atoms with Crippen molar-refractivity contribution in [3.8, 4) is 0 Å². The van der Waals surface area contributed by atoms with Gasteiger partial charge in [-0.3, -0.25) is 0 Å². The van der Waals surface area contributed by atoms with Crippen LogP contribution in [-0.4, -0.2) is 0 Å². The minimum absolute atomic E-state index is 0. The first-order chi connectivity index (χ1) is 6.33. The van der Waals surface area contributed by atoms with E-state index in [1.807, 2.05) is 30.3 Å². The van der Waals surface area contributed by atoms with Gasteiger partial charge in [-0.2, -0.15) is 31.0 Å². The molecule has 0 atom stereocenters. The number of hydrogen-bond acceptors (Lipinski definition) is 0. The van der Waals surface area contributed by atoms with E-state index in [1.165, 1.54) is 12.8 Å². The van der Waals surface area contributed by atoms with Gasteiger partial charge in [0.2, 0.25) is 0 Å². The molecule has 0 saturated heterocycles. The van der Waals surface area contributed by atoms with Crippen molar-refractivity contribution < 1.29 is 51.0 Å². The van der Waals surface area contributed by atoms with Crippen LogP contribution in [0.15, 0.2) is 30.3 Å². The van der Waals surface area contributed by atoms with Crippen LogP contribution in [0, 0.1) is 13.8 Å². The average molecular weight is 341 g/mol. The maximum absolute atomic E-state index is 3.60. The molecule has 0 aliphatic carbocycles. The number of halogens is 2. The van der Waals surface area contributed by atoms with Crippen LogP contribution in [-0.2, 0) is 26.2 Å². The minimum Gasteiger partial charge on any atom is -1.00 e. The molecule has 3 heteroatoms. The number of unbranched alkanes of at least 4 members (excludes halogenated alkanes) is 2. The van der Waals surface area contributed by atoms with Gasteiger partial charge in [0.15, 0.2) is 0 Å². The molecule has 0 aliphatic rings. The summed E-state index contributed by atoms with van der Waals surface area (Å²) in [6.07, 6.45) is 4.56. The summed E-state index contributed by atoms with van der Waals surface area (Å²) in [4.78, 5) is 0. The summed E-state index contributed by atoms with van der Waals surface area (Å²) < 4.78 is 0. The van der Waals surface area contributed by atoms with Crippen LogP contribution in [0.25, 0.3) is 0 Å². The summed E-state index contributed by atoms with van der Waals surface area (Å²) in [6, 6.07) is 10.0. The van der Waals surface area contributed by atoms with E-state index in [1.54, 1.807) is 0 Å². The van der Waals surface area contributed by atoms with Crippen LogP contribution >= 0.6 is 0 Å². The summed E-state index contributed by atoms with van der Waals surface area (Å²) in [5, 5.41) is 0. The molecule has 0 N–H and O–H groups in total. The van der Waals surface area contributed by atoms with Crippen LogP contribution in [0.1, 0.15) is 39.5 Å². The van der Waals surface area contributed by atoms with Crippen LogP contribution in [0.2, 0.25) is 0 Å². The summed E-state index contributed by atoms with van der Waals surface area (Å²) in [5.41, 5.74) is 0. The molecule has 0 saturated carbocycles. The van der Waals surface area contributed by atoms with Gasteiger partial charge in [0.25, 0.3) is 0 Å². The van der Waals surface area contributed by atoms with Gasteiger partial charge in [0, 0.05) is 0 Å². The zero-order valence-electron chi connectivity index (χ0n) is 10.4. The van der Waals surface area contributed by atoms with Crippen molar-refractivity contribution in [2.24, 2.45) is 0 Å². The van der Waals surface area contributed by atoms with Crippen molar-refractivity contribution in [1.29, 1.82) is 0 Å². The van der Waals surface area contributed by atoms with Crippen molar-refractivity contribution in [1.82, 2.24) is 0 Å². The quantitative estimate of drug-likeness (QED) is 0.584. The molecule has 1 aromatic rings. The Morgan fingerprint density at radius 3 is 1.19 bits per heavy atom. The second-order valence-corrected chi connectivity index (χ2v) is 2.67. The Hall–Kier alpha value is 0.813. The van der Waals surface area contributed by atoms with Crippen LogP contribution < -0.4 is 24.8 Å². The van der Waals surface area contributed by atoms with Gasteiger partial charge in [-0.05, 0) is 0 Å². The van der Waals surface area contributed by atoms with Gasteiger partial charge in [0.05, 0.1) is 0 Å². The SMILES string of the molecule is [CH2-]CCC.[CH2-]CCC.[Cl-].[Cl-].[Zr+2].c1cc[cH-]c1. The maximum atomic E-state index is 3.60. The molecule has 96 valence electrons. The first kappa shape index (κ1) is 30.1. The summed E-state index contributed by atoms with van der Waals surface area (Å²) in [6.45, 7) is 11.4. The molecule has 1 aromatic carbocycles. The smallest absolute Gasteiger partial charge is 1.00 e. The van der Waals surface area contributed by atoms with Gasteiger partial charge in [-0.15, -0.1) is 0 Å². The van der Waals surface area contributed by atoms with Crippen molar-refractivity contribution in [3.05, 3.63) is 44.2 Å². The van der Waals surface area contributed by atoms with Crippen molar-refractivity contribution in [2.45, 2.75) is 39.5 Å². The van der Waals surface area contributed by atoms with Gasteiger partial charge in [-0.1, -0.05) is 26.7 Å².